The number of nitrogens with zero attached hydrogens (tertiary/aromatic N) is 4. The number of fused-ring (bicyclic) bond motifs is 1. The minimum atomic E-state index is 0.737. The maximum atomic E-state index is 6.39. The lowest BCUT2D eigenvalue weighted by atomic mass is 10.1. The molecule has 2 aromatic heterocycles. The highest BCUT2D eigenvalue weighted by Crippen LogP contribution is 2.38. The van der Waals surface area contributed by atoms with Crippen molar-refractivity contribution in [3.05, 3.63) is 70.3 Å². The Morgan fingerprint density at radius 1 is 0.828 bits per heavy atom. The topological polar surface area (TPSA) is 32.3 Å². The van der Waals surface area contributed by atoms with Gasteiger partial charge >= 0.3 is 0 Å². The van der Waals surface area contributed by atoms with E-state index in [0.717, 1.165) is 69.1 Å². The number of hydrogen-bond donors (Lipinski definition) is 0. The number of piperazine rings is 1. The Morgan fingerprint density at radius 3 is 2.31 bits per heavy atom. The van der Waals surface area contributed by atoms with Gasteiger partial charge in [-0.2, -0.15) is 0 Å². The van der Waals surface area contributed by atoms with Crippen LogP contribution in [0.25, 0.3) is 21.3 Å². The molecular formula is C22H18Cl2N4S. The molecule has 0 saturated carbocycles. The molecule has 0 bridgehead atoms. The van der Waals surface area contributed by atoms with Crippen LogP contribution < -0.4 is 9.80 Å². The van der Waals surface area contributed by atoms with Crippen molar-refractivity contribution in [1.82, 2.24) is 9.97 Å². The fourth-order valence-electron chi connectivity index (χ4n) is 3.81. The lowest BCUT2D eigenvalue weighted by Crippen LogP contribution is -2.47. The summed E-state index contributed by atoms with van der Waals surface area (Å²) in [4.78, 5) is 14.9. The molecular weight excluding hydrogens is 423 g/mol. The molecule has 0 radical (unpaired) electrons. The summed E-state index contributed by atoms with van der Waals surface area (Å²) in [6, 6.07) is 16.0. The van der Waals surface area contributed by atoms with Gasteiger partial charge in [0.25, 0.3) is 0 Å². The second-order valence-corrected chi connectivity index (χ2v) is 8.66. The molecule has 1 aliphatic heterocycles. The number of para-hydroxylation sites is 1. The Hall–Kier alpha value is -2.34. The number of rotatable bonds is 3. The first-order chi connectivity index (χ1) is 14.2. The summed E-state index contributed by atoms with van der Waals surface area (Å²) in [5.41, 5.74) is 3.39. The fraction of sp³-hybridized carbons (Fsp3) is 0.182. The first kappa shape index (κ1) is 18.7. The van der Waals surface area contributed by atoms with Gasteiger partial charge in [-0.05, 0) is 29.8 Å². The molecule has 1 fully saturated rings. The highest BCUT2D eigenvalue weighted by atomic mass is 35.5. The summed E-state index contributed by atoms with van der Waals surface area (Å²) in [5, 5.41) is 4.81. The molecule has 7 heteroatoms. The van der Waals surface area contributed by atoms with E-state index in [2.05, 4.69) is 43.3 Å². The van der Waals surface area contributed by atoms with Gasteiger partial charge < -0.3 is 9.80 Å². The molecule has 29 heavy (non-hydrogen) atoms. The van der Waals surface area contributed by atoms with Crippen LogP contribution in [0.5, 0.6) is 0 Å². The molecule has 146 valence electrons. The molecule has 1 saturated heterocycles. The number of halogens is 2. The van der Waals surface area contributed by atoms with E-state index < -0.39 is 0 Å². The predicted molar refractivity (Wildman–Crippen MR) is 124 cm³/mol. The summed E-state index contributed by atoms with van der Waals surface area (Å²) in [5.74, 6) is 1.00. The molecule has 0 aliphatic carbocycles. The lowest BCUT2D eigenvalue weighted by molar-refractivity contribution is 0.649. The molecule has 0 unspecified atom stereocenters. The first-order valence-corrected chi connectivity index (χ1v) is 11.1. The Balaban J connectivity index is 1.46. The number of hydrogen-bond acceptors (Lipinski definition) is 5. The molecule has 2 aromatic carbocycles. The summed E-state index contributed by atoms with van der Waals surface area (Å²) in [6.45, 7) is 3.56. The van der Waals surface area contributed by atoms with Crippen molar-refractivity contribution in [3.63, 3.8) is 0 Å². The predicted octanol–water partition coefficient (Wildman–Crippen LogP) is 5.99. The van der Waals surface area contributed by atoms with Gasteiger partial charge in [0.2, 0.25) is 0 Å². The van der Waals surface area contributed by atoms with Crippen molar-refractivity contribution < 1.29 is 0 Å². The van der Waals surface area contributed by atoms with Crippen molar-refractivity contribution in [2.24, 2.45) is 0 Å². The zero-order valence-corrected chi connectivity index (χ0v) is 17.9. The van der Waals surface area contributed by atoms with Gasteiger partial charge in [-0.25, -0.2) is 9.97 Å². The third-order valence-electron chi connectivity index (χ3n) is 5.28. The molecule has 3 heterocycles. The van der Waals surface area contributed by atoms with Crippen LogP contribution in [0, 0.1) is 0 Å². The first-order valence-electron chi connectivity index (χ1n) is 9.43. The van der Waals surface area contributed by atoms with Crippen LogP contribution in [-0.2, 0) is 0 Å². The molecule has 5 rings (SSSR count). The van der Waals surface area contributed by atoms with E-state index in [1.807, 2.05) is 30.3 Å². The fourth-order valence-corrected chi connectivity index (χ4v) is 5.10. The zero-order chi connectivity index (χ0) is 19.8. The van der Waals surface area contributed by atoms with E-state index in [9.17, 15) is 0 Å². The average molecular weight is 441 g/mol. The van der Waals surface area contributed by atoms with Gasteiger partial charge in [-0.1, -0.05) is 47.5 Å². The van der Waals surface area contributed by atoms with Crippen molar-refractivity contribution in [2.75, 3.05) is 36.0 Å². The van der Waals surface area contributed by atoms with Crippen LogP contribution in [-0.4, -0.2) is 36.1 Å². The molecule has 0 N–H and O–H groups in total. The van der Waals surface area contributed by atoms with Crippen LogP contribution in [0.15, 0.2) is 60.2 Å². The quantitative estimate of drug-likeness (QED) is 0.391. The van der Waals surface area contributed by atoms with Crippen LogP contribution in [0.2, 0.25) is 10.0 Å². The van der Waals surface area contributed by atoms with Crippen LogP contribution >= 0.6 is 34.5 Å². The summed E-state index contributed by atoms with van der Waals surface area (Å²) < 4.78 is 0. The normalized spacial score (nSPS) is 14.6. The van der Waals surface area contributed by atoms with Crippen molar-refractivity contribution in [2.45, 2.75) is 0 Å². The molecule has 0 amide bonds. The van der Waals surface area contributed by atoms with Crippen molar-refractivity contribution >= 4 is 56.3 Å². The molecule has 0 atom stereocenters. The summed E-state index contributed by atoms with van der Waals surface area (Å²) >= 11 is 14.1. The van der Waals surface area contributed by atoms with E-state index in [-0.39, 0.29) is 0 Å². The van der Waals surface area contributed by atoms with E-state index in [4.69, 9.17) is 23.2 Å². The minimum absolute atomic E-state index is 0.737. The van der Waals surface area contributed by atoms with Crippen LogP contribution in [0.3, 0.4) is 0 Å². The van der Waals surface area contributed by atoms with E-state index in [0.29, 0.717) is 0 Å². The smallest absolute Gasteiger partial charge is 0.141 e. The molecule has 0 spiro atoms. The van der Waals surface area contributed by atoms with Crippen molar-refractivity contribution in [3.8, 4) is 11.1 Å². The van der Waals surface area contributed by atoms with E-state index in [1.54, 1.807) is 17.7 Å². The second-order valence-electron chi connectivity index (χ2n) is 6.96. The zero-order valence-electron chi connectivity index (χ0n) is 15.6. The van der Waals surface area contributed by atoms with Gasteiger partial charge in [-0.15, -0.1) is 11.3 Å². The highest BCUT2D eigenvalue weighted by Gasteiger charge is 2.23. The van der Waals surface area contributed by atoms with Gasteiger partial charge in [-0.3, -0.25) is 0 Å². The Labute approximate surface area is 183 Å². The summed E-state index contributed by atoms with van der Waals surface area (Å²) in [6.07, 6.45) is 1.67. The van der Waals surface area contributed by atoms with Gasteiger partial charge in [0.05, 0.1) is 16.1 Å². The molecule has 4 nitrogen and oxygen atoms in total. The van der Waals surface area contributed by atoms with Gasteiger partial charge in [0.15, 0.2) is 0 Å². The number of thiophene rings is 1. The highest BCUT2D eigenvalue weighted by molar-refractivity contribution is 7.17. The van der Waals surface area contributed by atoms with E-state index in [1.165, 1.54) is 0 Å². The second kappa shape index (κ2) is 7.82. The van der Waals surface area contributed by atoms with Crippen molar-refractivity contribution in [1.29, 1.82) is 0 Å². The maximum Gasteiger partial charge on any atom is 0.141 e. The van der Waals surface area contributed by atoms with E-state index >= 15 is 0 Å². The van der Waals surface area contributed by atoms with Crippen LogP contribution in [0.1, 0.15) is 0 Å². The largest absolute Gasteiger partial charge is 0.367 e. The Kier molecular flexibility index (Phi) is 5.04. The average Bonchev–Trinajstić information content (AvgIpc) is 3.19. The van der Waals surface area contributed by atoms with Gasteiger partial charge in [0, 0.05) is 42.1 Å². The number of anilines is 2. The SMILES string of the molecule is Clc1ccc(-c2csc3ncnc(N4CCN(c5ccccc5Cl)CC4)c23)cc1. The standard InChI is InChI=1S/C22H18Cl2N4S/c23-16-7-5-15(6-8-16)17-13-29-22-20(17)21(25-14-26-22)28-11-9-27(10-12-28)19-4-2-1-3-18(19)24/h1-8,13-14H,9-12H2. The third kappa shape index (κ3) is 3.54. The Bertz CT molecular complexity index is 1150. The maximum absolute atomic E-state index is 6.39. The molecule has 1 aliphatic rings. The lowest BCUT2D eigenvalue weighted by Gasteiger charge is -2.37. The monoisotopic (exact) mass is 440 g/mol. The minimum Gasteiger partial charge on any atom is -0.367 e. The van der Waals surface area contributed by atoms with Gasteiger partial charge in [0.1, 0.15) is 17.0 Å². The number of aromatic nitrogens is 2. The molecule has 4 aromatic rings. The Morgan fingerprint density at radius 2 is 1.55 bits per heavy atom. The summed E-state index contributed by atoms with van der Waals surface area (Å²) in [7, 11) is 0. The van der Waals surface area contributed by atoms with Crippen LogP contribution in [0.4, 0.5) is 11.5 Å². The third-order valence-corrected chi connectivity index (χ3v) is 6.74. The number of benzene rings is 2.